The maximum Gasteiger partial charge on any atom is 0.113 e. The van der Waals surface area contributed by atoms with Gasteiger partial charge in [-0.05, 0) is 49.2 Å². The van der Waals surface area contributed by atoms with Gasteiger partial charge in [-0.3, -0.25) is 0 Å². The van der Waals surface area contributed by atoms with Crippen molar-refractivity contribution in [3.05, 3.63) is 22.2 Å². The summed E-state index contributed by atoms with van der Waals surface area (Å²) in [6.07, 6.45) is 9.54. The number of aliphatic hydroxyl groups is 1. The Morgan fingerprint density at radius 2 is 2.29 bits per heavy atom. The highest BCUT2D eigenvalue weighted by Gasteiger charge is 2.20. The maximum absolute atomic E-state index is 10.4. The van der Waals surface area contributed by atoms with Gasteiger partial charge in [-0.2, -0.15) is 0 Å². The van der Waals surface area contributed by atoms with Crippen LogP contribution in [0.1, 0.15) is 62.1 Å². The first kappa shape index (κ1) is 12.7. The lowest BCUT2D eigenvalue weighted by molar-refractivity contribution is 0.213. The molecule has 1 unspecified atom stereocenters. The van der Waals surface area contributed by atoms with Crippen molar-refractivity contribution in [3.63, 3.8) is 0 Å². The highest BCUT2D eigenvalue weighted by molar-refractivity contribution is 7.05. The van der Waals surface area contributed by atoms with Crippen LogP contribution in [-0.4, -0.2) is 14.7 Å². The lowest BCUT2D eigenvalue weighted by Gasteiger charge is -2.13. The summed E-state index contributed by atoms with van der Waals surface area (Å²) in [4.78, 5) is 0.958. The molecule has 4 heteroatoms. The molecule has 1 atom stereocenters. The van der Waals surface area contributed by atoms with Gasteiger partial charge in [-0.1, -0.05) is 30.3 Å². The lowest BCUT2D eigenvalue weighted by Crippen LogP contribution is -2.03. The number of aromatic nitrogens is 2. The molecule has 0 aliphatic heterocycles. The standard InChI is InChI=1S/C13H20N2OS/c1-2-7-11-13(17-15-14-11)12(16)10-8-5-3-4-6-9-10/h8,12,16H,2-7,9H2,1H3. The molecular formula is C13H20N2OS. The first-order chi connectivity index (χ1) is 8.33. The van der Waals surface area contributed by atoms with E-state index >= 15 is 0 Å². The van der Waals surface area contributed by atoms with E-state index in [1.54, 1.807) is 0 Å². The molecule has 0 amide bonds. The second-order valence-corrected chi connectivity index (χ2v) is 5.40. The topological polar surface area (TPSA) is 46.0 Å². The molecule has 0 aromatic carbocycles. The minimum atomic E-state index is -0.463. The van der Waals surface area contributed by atoms with E-state index in [-0.39, 0.29) is 0 Å². The molecule has 0 saturated heterocycles. The van der Waals surface area contributed by atoms with Crippen molar-refractivity contribution in [1.29, 1.82) is 0 Å². The molecule has 0 spiro atoms. The molecule has 94 valence electrons. The minimum absolute atomic E-state index is 0.463. The van der Waals surface area contributed by atoms with Crippen LogP contribution >= 0.6 is 11.5 Å². The Hall–Kier alpha value is -0.740. The fourth-order valence-corrected chi connectivity index (χ4v) is 3.02. The molecule has 1 aromatic rings. The van der Waals surface area contributed by atoms with E-state index in [4.69, 9.17) is 0 Å². The number of aliphatic hydroxyl groups excluding tert-OH is 1. The fraction of sp³-hybridized carbons (Fsp3) is 0.692. The van der Waals surface area contributed by atoms with Crippen molar-refractivity contribution < 1.29 is 5.11 Å². The van der Waals surface area contributed by atoms with Crippen LogP contribution in [0.15, 0.2) is 11.6 Å². The molecule has 0 saturated carbocycles. The van der Waals surface area contributed by atoms with Crippen LogP contribution in [0.25, 0.3) is 0 Å². The Morgan fingerprint density at radius 3 is 3.12 bits per heavy atom. The Bertz CT molecular complexity index is 387. The Labute approximate surface area is 107 Å². The molecule has 1 aliphatic carbocycles. The zero-order valence-electron chi connectivity index (χ0n) is 10.4. The van der Waals surface area contributed by atoms with Crippen LogP contribution in [0.2, 0.25) is 0 Å². The summed E-state index contributed by atoms with van der Waals surface area (Å²) in [7, 11) is 0. The van der Waals surface area contributed by atoms with Gasteiger partial charge in [0.2, 0.25) is 0 Å². The van der Waals surface area contributed by atoms with Crippen LogP contribution in [-0.2, 0) is 6.42 Å². The third-order valence-corrected chi connectivity index (χ3v) is 4.07. The molecule has 1 aliphatic rings. The summed E-state index contributed by atoms with van der Waals surface area (Å²) in [6, 6.07) is 0. The van der Waals surface area contributed by atoms with E-state index in [0.717, 1.165) is 36.3 Å². The monoisotopic (exact) mass is 252 g/mol. The van der Waals surface area contributed by atoms with Gasteiger partial charge >= 0.3 is 0 Å². The van der Waals surface area contributed by atoms with E-state index in [1.165, 1.54) is 36.4 Å². The highest BCUT2D eigenvalue weighted by atomic mass is 32.1. The molecule has 1 aromatic heterocycles. The van der Waals surface area contributed by atoms with Gasteiger partial charge in [-0.15, -0.1) is 5.10 Å². The van der Waals surface area contributed by atoms with E-state index in [0.29, 0.717) is 0 Å². The zero-order chi connectivity index (χ0) is 12.1. The van der Waals surface area contributed by atoms with Crippen molar-refractivity contribution in [2.45, 2.75) is 58.0 Å². The third-order valence-electron chi connectivity index (χ3n) is 3.25. The summed E-state index contributed by atoms with van der Waals surface area (Å²) in [6.45, 7) is 2.13. The predicted octanol–water partition coefficient (Wildman–Crippen LogP) is 3.41. The summed E-state index contributed by atoms with van der Waals surface area (Å²) >= 11 is 1.35. The summed E-state index contributed by atoms with van der Waals surface area (Å²) in [5.74, 6) is 0. The quantitative estimate of drug-likeness (QED) is 0.835. The molecular weight excluding hydrogens is 232 g/mol. The van der Waals surface area contributed by atoms with Gasteiger partial charge < -0.3 is 5.11 Å². The lowest BCUT2D eigenvalue weighted by atomic mass is 10.0. The SMILES string of the molecule is CCCc1nnsc1C(O)C1=CCCCCC1. The van der Waals surface area contributed by atoms with Gasteiger partial charge in [-0.25, -0.2) is 0 Å². The van der Waals surface area contributed by atoms with Gasteiger partial charge in [0.05, 0.1) is 10.6 Å². The number of hydrogen-bond donors (Lipinski definition) is 1. The van der Waals surface area contributed by atoms with E-state index in [1.807, 2.05) is 0 Å². The van der Waals surface area contributed by atoms with Crippen LogP contribution < -0.4 is 0 Å². The van der Waals surface area contributed by atoms with Crippen LogP contribution in [0.3, 0.4) is 0 Å². The van der Waals surface area contributed by atoms with Gasteiger partial charge in [0.1, 0.15) is 6.10 Å². The van der Waals surface area contributed by atoms with Crippen LogP contribution in [0.5, 0.6) is 0 Å². The highest BCUT2D eigenvalue weighted by Crippen LogP contribution is 2.32. The molecule has 0 radical (unpaired) electrons. The molecule has 0 fully saturated rings. The molecule has 1 N–H and O–H groups in total. The molecule has 1 heterocycles. The largest absolute Gasteiger partial charge is 0.383 e. The van der Waals surface area contributed by atoms with Gasteiger partial charge in [0, 0.05) is 0 Å². The average Bonchev–Trinajstić information content (AvgIpc) is 2.63. The summed E-state index contributed by atoms with van der Waals surface area (Å²) < 4.78 is 3.98. The summed E-state index contributed by atoms with van der Waals surface area (Å²) in [5, 5.41) is 14.6. The van der Waals surface area contributed by atoms with E-state index < -0.39 is 6.10 Å². The van der Waals surface area contributed by atoms with E-state index in [2.05, 4.69) is 22.6 Å². The van der Waals surface area contributed by atoms with Crippen LogP contribution in [0.4, 0.5) is 0 Å². The number of hydrogen-bond acceptors (Lipinski definition) is 4. The van der Waals surface area contributed by atoms with Crippen molar-refractivity contribution >= 4 is 11.5 Å². The second-order valence-electron chi connectivity index (χ2n) is 4.61. The van der Waals surface area contributed by atoms with Crippen LogP contribution in [0, 0.1) is 0 Å². The Balaban J connectivity index is 2.14. The number of nitrogens with zero attached hydrogens (tertiary/aromatic N) is 2. The molecule has 2 rings (SSSR count). The van der Waals surface area contributed by atoms with Crippen molar-refractivity contribution in [2.75, 3.05) is 0 Å². The van der Waals surface area contributed by atoms with Crippen molar-refractivity contribution in [1.82, 2.24) is 9.59 Å². The smallest absolute Gasteiger partial charge is 0.113 e. The minimum Gasteiger partial charge on any atom is -0.383 e. The van der Waals surface area contributed by atoms with Gasteiger partial charge in [0.15, 0.2) is 0 Å². The number of allylic oxidation sites excluding steroid dienone is 1. The first-order valence-electron chi connectivity index (χ1n) is 6.51. The Morgan fingerprint density at radius 1 is 1.41 bits per heavy atom. The maximum atomic E-state index is 10.4. The molecule has 3 nitrogen and oxygen atoms in total. The second kappa shape index (κ2) is 6.26. The van der Waals surface area contributed by atoms with E-state index in [9.17, 15) is 5.11 Å². The normalized spacial score (nSPS) is 18.6. The third kappa shape index (κ3) is 3.13. The fourth-order valence-electron chi connectivity index (χ4n) is 2.29. The summed E-state index contributed by atoms with van der Waals surface area (Å²) in [5.41, 5.74) is 2.15. The first-order valence-corrected chi connectivity index (χ1v) is 7.28. The zero-order valence-corrected chi connectivity index (χ0v) is 11.2. The number of rotatable bonds is 4. The Kier molecular flexibility index (Phi) is 4.68. The molecule has 0 bridgehead atoms. The van der Waals surface area contributed by atoms with Crippen molar-refractivity contribution in [3.8, 4) is 0 Å². The van der Waals surface area contributed by atoms with Gasteiger partial charge in [0.25, 0.3) is 0 Å². The predicted molar refractivity (Wildman–Crippen MR) is 70.0 cm³/mol. The number of aryl methyl sites for hydroxylation is 1. The average molecular weight is 252 g/mol. The van der Waals surface area contributed by atoms with Crippen molar-refractivity contribution in [2.24, 2.45) is 0 Å². The molecule has 17 heavy (non-hydrogen) atoms.